The van der Waals surface area contributed by atoms with Gasteiger partial charge < -0.3 is 20.8 Å². The van der Waals surface area contributed by atoms with E-state index in [0.29, 0.717) is 6.54 Å². The molecule has 7 heteroatoms. The van der Waals surface area contributed by atoms with Gasteiger partial charge in [0.2, 0.25) is 0 Å². The van der Waals surface area contributed by atoms with Crippen LogP contribution in [0.15, 0.2) is 12.1 Å². The van der Waals surface area contributed by atoms with Crippen molar-refractivity contribution in [3.63, 3.8) is 0 Å². The van der Waals surface area contributed by atoms with Crippen LogP contribution in [-0.2, 0) is 17.8 Å². The average Bonchev–Trinajstić information content (AvgIpc) is 2.80. The Morgan fingerprint density at radius 3 is 2.50 bits per heavy atom. The number of urea groups is 1. The molecule has 0 aliphatic carbocycles. The zero-order chi connectivity index (χ0) is 15.2. The molecular formula is C13H20N2O4S. The molecule has 4 N–H and O–H groups in total. The number of hydrogen-bond acceptors (Lipinski definition) is 4. The van der Waals surface area contributed by atoms with E-state index in [2.05, 4.69) is 17.6 Å². The molecule has 1 heterocycles. The molecule has 1 aromatic rings. The van der Waals surface area contributed by atoms with Crippen LogP contribution in [-0.4, -0.2) is 34.4 Å². The largest absolute Gasteiger partial charge is 0.481 e. The van der Waals surface area contributed by atoms with Gasteiger partial charge in [-0.3, -0.25) is 4.79 Å². The fraction of sp³-hybridized carbons (Fsp3) is 0.538. The summed E-state index contributed by atoms with van der Waals surface area (Å²) in [5.41, 5.74) is -1.46. The molecule has 20 heavy (non-hydrogen) atoms. The number of carbonyl (C=O) groups excluding carboxylic acids is 1. The highest BCUT2D eigenvalue weighted by Gasteiger charge is 2.24. The van der Waals surface area contributed by atoms with Gasteiger partial charge in [0.05, 0.1) is 18.6 Å². The van der Waals surface area contributed by atoms with Crippen LogP contribution in [0, 0.1) is 0 Å². The van der Waals surface area contributed by atoms with Crippen molar-refractivity contribution in [3.8, 4) is 0 Å². The lowest BCUT2D eigenvalue weighted by Gasteiger charge is -2.21. The topological polar surface area (TPSA) is 98.7 Å². The minimum Gasteiger partial charge on any atom is -0.481 e. The molecule has 0 aliphatic heterocycles. The van der Waals surface area contributed by atoms with E-state index in [4.69, 9.17) is 5.11 Å². The second-order valence-corrected chi connectivity index (χ2v) is 6.08. The van der Waals surface area contributed by atoms with Gasteiger partial charge in [-0.2, -0.15) is 0 Å². The Morgan fingerprint density at radius 2 is 1.95 bits per heavy atom. The maximum absolute atomic E-state index is 11.5. The molecule has 2 amide bonds. The van der Waals surface area contributed by atoms with Crippen LogP contribution >= 0.6 is 11.3 Å². The molecule has 1 rings (SSSR count). The van der Waals surface area contributed by atoms with Crippen molar-refractivity contribution >= 4 is 23.3 Å². The van der Waals surface area contributed by atoms with Gasteiger partial charge in [0.15, 0.2) is 0 Å². The number of carbonyl (C=O) groups is 2. The lowest BCUT2D eigenvalue weighted by molar-refractivity contribution is -0.141. The highest BCUT2D eigenvalue weighted by atomic mass is 32.1. The molecule has 1 atom stereocenters. The molecule has 0 spiro atoms. The summed E-state index contributed by atoms with van der Waals surface area (Å²) in [5.74, 6) is -1.11. The monoisotopic (exact) mass is 300 g/mol. The molecule has 0 aromatic carbocycles. The SMILES string of the molecule is CCc1ccc(CNC(=O)NCC(C)(O)CC(=O)O)s1. The molecule has 0 bridgehead atoms. The number of carboxylic acid groups (broad SMARTS) is 1. The Kier molecular flexibility index (Phi) is 5.97. The van der Waals surface area contributed by atoms with Gasteiger partial charge in [-0.1, -0.05) is 6.92 Å². The minimum absolute atomic E-state index is 0.115. The smallest absolute Gasteiger partial charge is 0.315 e. The number of aliphatic hydroxyl groups is 1. The quantitative estimate of drug-likeness (QED) is 0.610. The normalized spacial score (nSPS) is 13.6. The molecule has 0 aliphatic rings. The summed E-state index contributed by atoms with van der Waals surface area (Å²) in [6.07, 6.45) is 0.549. The first-order chi connectivity index (χ1) is 9.32. The van der Waals surface area contributed by atoms with Crippen LogP contribution in [0.5, 0.6) is 0 Å². The minimum atomic E-state index is -1.46. The van der Waals surface area contributed by atoms with Crippen LogP contribution in [0.4, 0.5) is 4.79 Å². The number of amides is 2. The molecule has 0 saturated carbocycles. The zero-order valence-electron chi connectivity index (χ0n) is 11.6. The van der Waals surface area contributed by atoms with Crippen molar-refractivity contribution in [1.29, 1.82) is 0 Å². The standard InChI is InChI=1S/C13H20N2O4S/c1-3-9-4-5-10(20-9)7-14-12(18)15-8-13(2,19)6-11(16)17/h4-5,19H,3,6-8H2,1-2H3,(H,16,17)(H2,14,15,18). The van der Waals surface area contributed by atoms with E-state index >= 15 is 0 Å². The van der Waals surface area contributed by atoms with E-state index in [1.54, 1.807) is 11.3 Å². The van der Waals surface area contributed by atoms with E-state index in [1.807, 2.05) is 12.1 Å². The van der Waals surface area contributed by atoms with Crippen molar-refractivity contribution < 1.29 is 19.8 Å². The number of carboxylic acids is 1. The van der Waals surface area contributed by atoms with E-state index in [0.717, 1.165) is 11.3 Å². The Bertz CT molecular complexity index is 471. The molecule has 0 radical (unpaired) electrons. The van der Waals surface area contributed by atoms with E-state index in [9.17, 15) is 14.7 Å². The Hall–Kier alpha value is -1.60. The lowest BCUT2D eigenvalue weighted by Crippen LogP contribution is -2.45. The number of rotatable bonds is 7. The predicted octanol–water partition coefficient (Wildman–Crippen LogP) is 1.34. The third-order valence-corrected chi connectivity index (χ3v) is 3.88. The van der Waals surface area contributed by atoms with Gasteiger partial charge in [-0.15, -0.1) is 11.3 Å². The van der Waals surface area contributed by atoms with Gasteiger partial charge in [0.25, 0.3) is 0 Å². The Morgan fingerprint density at radius 1 is 1.30 bits per heavy atom. The maximum Gasteiger partial charge on any atom is 0.315 e. The summed E-state index contributed by atoms with van der Waals surface area (Å²) >= 11 is 1.64. The van der Waals surface area contributed by atoms with Gasteiger partial charge in [-0.25, -0.2) is 4.79 Å². The number of hydrogen-bond donors (Lipinski definition) is 4. The number of aryl methyl sites for hydroxylation is 1. The molecule has 1 aromatic heterocycles. The number of aliphatic carboxylic acids is 1. The Labute approximate surface area is 121 Å². The molecule has 1 unspecified atom stereocenters. The summed E-state index contributed by atoms with van der Waals surface area (Å²) in [7, 11) is 0. The number of thiophene rings is 1. The third kappa shape index (κ3) is 6.03. The molecule has 0 fully saturated rings. The summed E-state index contributed by atoms with van der Waals surface area (Å²) in [6, 6.07) is 3.56. The summed E-state index contributed by atoms with van der Waals surface area (Å²) < 4.78 is 0. The lowest BCUT2D eigenvalue weighted by atomic mass is 10.0. The fourth-order valence-corrected chi connectivity index (χ4v) is 2.49. The first-order valence-corrected chi connectivity index (χ1v) is 7.17. The van der Waals surface area contributed by atoms with Crippen LogP contribution in [0.25, 0.3) is 0 Å². The maximum atomic E-state index is 11.5. The van der Waals surface area contributed by atoms with Crippen molar-refractivity contribution in [2.75, 3.05) is 6.54 Å². The predicted molar refractivity (Wildman–Crippen MR) is 76.8 cm³/mol. The van der Waals surface area contributed by atoms with Crippen molar-refractivity contribution in [2.45, 2.75) is 38.8 Å². The summed E-state index contributed by atoms with van der Waals surface area (Å²) in [6.45, 7) is 3.74. The number of nitrogens with one attached hydrogen (secondary N) is 2. The van der Waals surface area contributed by atoms with Gasteiger partial charge in [-0.05, 0) is 25.5 Å². The van der Waals surface area contributed by atoms with Crippen LogP contribution in [0.2, 0.25) is 0 Å². The fourth-order valence-electron chi connectivity index (χ4n) is 1.60. The van der Waals surface area contributed by atoms with Gasteiger partial charge in [0.1, 0.15) is 0 Å². The van der Waals surface area contributed by atoms with Crippen molar-refractivity contribution in [2.24, 2.45) is 0 Å². The van der Waals surface area contributed by atoms with Crippen LogP contribution in [0.1, 0.15) is 30.0 Å². The van der Waals surface area contributed by atoms with Crippen LogP contribution in [0.3, 0.4) is 0 Å². The molecule has 0 saturated heterocycles. The first-order valence-electron chi connectivity index (χ1n) is 6.36. The van der Waals surface area contributed by atoms with Crippen molar-refractivity contribution in [3.05, 3.63) is 21.9 Å². The second kappa shape index (κ2) is 7.25. The van der Waals surface area contributed by atoms with Gasteiger partial charge in [0, 0.05) is 16.3 Å². The van der Waals surface area contributed by atoms with E-state index < -0.39 is 24.0 Å². The highest BCUT2D eigenvalue weighted by molar-refractivity contribution is 7.11. The second-order valence-electron chi connectivity index (χ2n) is 4.83. The first kappa shape index (κ1) is 16.5. The van der Waals surface area contributed by atoms with E-state index in [1.165, 1.54) is 11.8 Å². The summed E-state index contributed by atoms with van der Waals surface area (Å²) in [5, 5.41) is 23.5. The highest BCUT2D eigenvalue weighted by Crippen LogP contribution is 2.16. The summed E-state index contributed by atoms with van der Waals surface area (Å²) in [4.78, 5) is 24.4. The molecule has 6 nitrogen and oxygen atoms in total. The van der Waals surface area contributed by atoms with E-state index in [-0.39, 0.29) is 6.54 Å². The molecular weight excluding hydrogens is 280 g/mol. The van der Waals surface area contributed by atoms with Crippen molar-refractivity contribution in [1.82, 2.24) is 10.6 Å². The molecule has 112 valence electrons. The van der Waals surface area contributed by atoms with Gasteiger partial charge >= 0.3 is 12.0 Å². The average molecular weight is 300 g/mol. The third-order valence-electron chi connectivity index (χ3n) is 2.65. The Balaban J connectivity index is 2.31. The van der Waals surface area contributed by atoms with Crippen LogP contribution < -0.4 is 10.6 Å². The zero-order valence-corrected chi connectivity index (χ0v) is 12.4.